The van der Waals surface area contributed by atoms with Gasteiger partial charge in [0.15, 0.2) is 0 Å². The summed E-state index contributed by atoms with van der Waals surface area (Å²) in [4.78, 5) is 21.9. The molecule has 17 heavy (non-hydrogen) atoms. The molecule has 0 heterocycles. The fourth-order valence-corrected chi connectivity index (χ4v) is 2.09. The van der Waals surface area contributed by atoms with Crippen molar-refractivity contribution in [1.29, 1.82) is 0 Å². The van der Waals surface area contributed by atoms with Crippen molar-refractivity contribution in [3.05, 3.63) is 34.9 Å². The molecule has 0 atom stereocenters. The smallest absolute Gasteiger partial charge is 0.335 e. The van der Waals surface area contributed by atoms with Gasteiger partial charge in [-0.15, -0.1) is 0 Å². The second-order valence-electron chi connectivity index (χ2n) is 4.48. The zero-order valence-electron chi connectivity index (χ0n) is 9.35. The summed E-state index contributed by atoms with van der Waals surface area (Å²) in [5.41, 5.74) is 0.892. The van der Waals surface area contributed by atoms with Gasteiger partial charge in [0.2, 0.25) is 0 Å². The topological polar surface area (TPSA) is 74.6 Å². The standard InChI is InChI=1S/C13H14O4/c14-12(15)10-5-4-9(6-8-2-1-3-8)11(7-10)13(16)17/h4-5,7-8H,1-3,6H2,(H,14,15)(H,16,17). The third kappa shape index (κ3) is 2.46. The van der Waals surface area contributed by atoms with Crippen molar-refractivity contribution in [3.63, 3.8) is 0 Å². The van der Waals surface area contributed by atoms with E-state index in [-0.39, 0.29) is 11.1 Å². The van der Waals surface area contributed by atoms with Crippen molar-refractivity contribution < 1.29 is 19.8 Å². The molecule has 90 valence electrons. The Kier molecular flexibility index (Phi) is 3.13. The van der Waals surface area contributed by atoms with E-state index < -0.39 is 11.9 Å². The van der Waals surface area contributed by atoms with E-state index in [0.29, 0.717) is 5.92 Å². The minimum atomic E-state index is -1.09. The fourth-order valence-electron chi connectivity index (χ4n) is 2.09. The number of carboxylic acids is 2. The summed E-state index contributed by atoms with van der Waals surface area (Å²) in [5, 5.41) is 17.9. The minimum absolute atomic E-state index is 0.0276. The maximum atomic E-state index is 11.1. The minimum Gasteiger partial charge on any atom is -0.478 e. The molecule has 0 radical (unpaired) electrons. The zero-order valence-corrected chi connectivity index (χ0v) is 9.35. The molecule has 1 fully saturated rings. The van der Waals surface area contributed by atoms with E-state index in [0.717, 1.165) is 24.8 Å². The first-order valence-corrected chi connectivity index (χ1v) is 5.67. The molecule has 4 nitrogen and oxygen atoms in total. The van der Waals surface area contributed by atoms with E-state index in [1.165, 1.54) is 18.6 Å². The molecule has 0 spiro atoms. The Hall–Kier alpha value is -1.84. The Bertz CT molecular complexity index is 460. The van der Waals surface area contributed by atoms with E-state index in [9.17, 15) is 9.59 Å². The van der Waals surface area contributed by atoms with Crippen molar-refractivity contribution >= 4 is 11.9 Å². The molecule has 1 saturated carbocycles. The first-order chi connectivity index (χ1) is 8.08. The van der Waals surface area contributed by atoms with Crippen molar-refractivity contribution in [2.24, 2.45) is 5.92 Å². The highest BCUT2D eigenvalue weighted by atomic mass is 16.4. The van der Waals surface area contributed by atoms with Crippen LogP contribution < -0.4 is 0 Å². The lowest BCUT2D eigenvalue weighted by Gasteiger charge is -2.25. The summed E-state index contributed by atoms with van der Waals surface area (Å²) in [6.45, 7) is 0. The van der Waals surface area contributed by atoms with Crippen LogP contribution in [0.1, 0.15) is 45.5 Å². The first-order valence-electron chi connectivity index (χ1n) is 5.67. The molecule has 0 unspecified atom stereocenters. The molecule has 1 aromatic rings. The summed E-state index contributed by atoms with van der Waals surface area (Å²) < 4.78 is 0. The van der Waals surface area contributed by atoms with Crippen LogP contribution >= 0.6 is 0 Å². The van der Waals surface area contributed by atoms with Gasteiger partial charge in [-0.1, -0.05) is 25.3 Å². The second-order valence-corrected chi connectivity index (χ2v) is 4.48. The van der Waals surface area contributed by atoms with Gasteiger partial charge in [-0.3, -0.25) is 0 Å². The summed E-state index contributed by atoms with van der Waals surface area (Å²) in [6.07, 6.45) is 4.22. The van der Waals surface area contributed by atoms with Gasteiger partial charge in [0.1, 0.15) is 0 Å². The van der Waals surface area contributed by atoms with Gasteiger partial charge in [0.25, 0.3) is 0 Å². The fraction of sp³-hybridized carbons (Fsp3) is 0.385. The summed E-state index contributed by atoms with van der Waals surface area (Å²) in [5.74, 6) is -1.59. The SMILES string of the molecule is O=C(O)c1ccc(CC2CCC2)c(C(=O)O)c1. The molecule has 1 aliphatic rings. The van der Waals surface area contributed by atoms with E-state index in [4.69, 9.17) is 10.2 Å². The Morgan fingerprint density at radius 1 is 1.18 bits per heavy atom. The van der Waals surface area contributed by atoms with Crippen LogP contribution in [0.5, 0.6) is 0 Å². The number of carboxylic acid groups (broad SMARTS) is 2. The van der Waals surface area contributed by atoms with E-state index in [2.05, 4.69) is 0 Å². The molecule has 1 aromatic carbocycles. The lowest BCUT2D eigenvalue weighted by molar-refractivity contribution is 0.0694. The maximum Gasteiger partial charge on any atom is 0.335 e. The second kappa shape index (κ2) is 4.57. The molecule has 1 aliphatic carbocycles. The quantitative estimate of drug-likeness (QED) is 0.839. The monoisotopic (exact) mass is 234 g/mol. The predicted octanol–water partition coefficient (Wildman–Crippen LogP) is 2.43. The number of benzene rings is 1. The number of rotatable bonds is 4. The third-order valence-corrected chi connectivity index (χ3v) is 3.32. The lowest BCUT2D eigenvalue weighted by Crippen LogP contribution is -2.16. The van der Waals surface area contributed by atoms with E-state index in [1.54, 1.807) is 6.07 Å². The highest BCUT2D eigenvalue weighted by Crippen LogP contribution is 2.30. The van der Waals surface area contributed by atoms with Gasteiger partial charge in [-0.25, -0.2) is 9.59 Å². The van der Waals surface area contributed by atoms with E-state index in [1.807, 2.05) is 0 Å². The molecule has 0 bridgehead atoms. The van der Waals surface area contributed by atoms with Crippen LogP contribution in [0.2, 0.25) is 0 Å². The average molecular weight is 234 g/mol. The van der Waals surface area contributed by atoms with Crippen LogP contribution in [0.3, 0.4) is 0 Å². The van der Waals surface area contributed by atoms with Crippen molar-refractivity contribution in [3.8, 4) is 0 Å². The molecule has 0 amide bonds. The maximum absolute atomic E-state index is 11.1. The highest BCUT2D eigenvalue weighted by Gasteiger charge is 2.21. The number of hydrogen-bond donors (Lipinski definition) is 2. The number of hydrogen-bond acceptors (Lipinski definition) is 2. The van der Waals surface area contributed by atoms with Gasteiger partial charge < -0.3 is 10.2 Å². The predicted molar refractivity (Wildman–Crippen MR) is 61.4 cm³/mol. The molecule has 0 saturated heterocycles. The normalized spacial score (nSPS) is 15.3. The van der Waals surface area contributed by atoms with Crippen LogP contribution in [0, 0.1) is 5.92 Å². The first kappa shape index (κ1) is 11.6. The highest BCUT2D eigenvalue weighted by molar-refractivity contribution is 5.94. The summed E-state index contributed by atoms with van der Waals surface area (Å²) >= 11 is 0. The molecular formula is C13H14O4. The molecule has 0 aromatic heterocycles. The van der Waals surface area contributed by atoms with Gasteiger partial charge in [0.05, 0.1) is 11.1 Å². The zero-order chi connectivity index (χ0) is 12.4. The molecule has 2 N–H and O–H groups in total. The Balaban J connectivity index is 2.30. The van der Waals surface area contributed by atoms with Gasteiger partial charge in [-0.2, -0.15) is 0 Å². The molecular weight excluding hydrogens is 220 g/mol. The Labute approximate surface area is 98.9 Å². The van der Waals surface area contributed by atoms with Crippen molar-refractivity contribution in [2.75, 3.05) is 0 Å². The van der Waals surface area contributed by atoms with Crippen LogP contribution in [-0.2, 0) is 6.42 Å². The lowest BCUT2D eigenvalue weighted by atomic mass is 9.80. The Morgan fingerprint density at radius 3 is 2.35 bits per heavy atom. The van der Waals surface area contributed by atoms with Crippen LogP contribution in [-0.4, -0.2) is 22.2 Å². The largest absolute Gasteiger partial charge is 0.478 e. The summed E-state index contributed by atoms with van der Waals surface area (Å²) in [6, 6.07) is 4.35. The van der Waals surface area contributed by atoms with Gasteiger partial charge >= 0.3 is 11.9 Å². The third-order valence-electron chi connectivity index (χ3n) is 3.32. The van der Waals surface area contributed by atoms with Crippen LogP contribution in [0.25, 0.3) is 0 Å². The van der Waals surface area contributed by atoms with Crippen LogP contribution in [0.4, 0.5) is 0 Å². The van der Waals surface area contributed by atoms with Crippen LogP contribution in [0.15, 0.2) is 18.2 Å². The number of carbonyl (C=O) groups is 2. The van der Waals surface area contributed by atoms with Crippen molar-refractivity contribution in [1.82, 2.24) is 0 Å². The molecule has 2 rings (SSSR count). The van der Waals surface area contributed by atoms with Gasteiger partial charge in [-0.05, 0) is 30.0 Å². The molecule has 0 aliphatic heterocycles. The van der Waals surface area contributed by atoms with E-state index >= 15 is 0 Å². The molecule has 4 heteroatoms. The van der Waals surface area contributed by atoms with Crippen molar-refractivity contribution in [2.45, 2.75) is 25.7 Å². The Morgan fingerprint density at radius 2 is 1.88 bits per heavy atom. The number of aromatic carboxylic acids is 2. The average Bonchev–Trinajstić information content (AvgIpc) is 2.23. The van der Waals surface area contributed by atoms with Gasteiger partial charge in [0, 0.05) is 0 Å². The summed E-state index contributed by atoms with van der Waals surface area (Å²) in [7, 11) is 0.